The van der Waals surface area contributed by atoms with Crippen LogP contribution in [-0.2, 0) is 11.3 Å². The molecule has 5 nitrogen and oxygen atoms in total. The van der Waals surface area contributed by atoms with E-state index in [9.17, 15) is 4.79 Å². The van der Waals surface area contributed by atoms with Gasteiger partial charge in [-0.1, -0.05) is 19.3 Å². The molecule has 3 rings (SSSR count). The van der Waals surface area contributed by atoms with E-state index in [1.54, 1.807) is 0 Å². The summed E-state index contributed by atoms with van der Waals surface area (Å²) in [6.07, 6.45) is 10.5. The molecule has 1 N–H and O–H groups in total. The molecule has 2 fully saturated rings. The highest BCUT2D eigenvalue weighted by molar-refractivity contribution is 5.85. The Morgan fingerprint density at radius 1 is 1.17 bits per heavy atom. The number of amides is 1. The zero-order valence-electron chi connectivity index (χ0n) is 13.9. The van der Waals surface area contributed by atoms with Gasteiger partial charge in [-0.15, -0.1) is 12.4 Å². The molecule has 0 radical (unpaired) electrons. The number of rotatable bonds is 3. The summed E-state index contributed by atoms with van der Waals surface area (Å²) >= 11 is 0. The number of hydrogen-bond donors (Lipinski definition) is 1. The smallest absolute Gasteiger partial charge is 0.244 e. The molecule has 1 atom stereocenters. The van der Waals surface area contributed by atoms with Gasteiger partial charge in [-0.3, -0.25) is 9.48 Å². The molecule has 0 bridgehead atoms. The third-order valence-corrected chi connectivity index (χ3v) is 4.88. The zero-order valence-corrected chi connectivity index (χ0v) is 14.7. The molecule has 2 aliphatic heterocycles. The van der Waals surface area contributed by atoms with Crippen molar-refractivity contribution in [2.24, 2.45) is 0 Å². The van der Waals surface area contributed by atoms with E-state index in [1.165, 1.54) is 32.1 Å². The molecule has 130 valence electrons. The molecule has 0 saturated carbocycles. The van der Waals surface area contributed by atoms with Gasteiger partial charge < -0.3 is 10.2 Å². The molecule has 2 saturated heterocycles. The minimum atomic E-state index is 0. The van der Waals surface area contributed by atoms with Crippen molar-refractivity contribution in [1.82, 2.24) is 20.0 Å². The molecule has 1 amide bonds. The number of likely N-dealkylation sites (tertiary alicyclic amines) is 1. The van der Waals surface area contributed by atoms with Crippen molar-refractivity contribution in [3.8, 4) is 0 Å². The number of aromatic nitrogens is 2. The number of halogens is 1. The minimum Gasteiger partial charge on any atom is -0.341 e. The molecular weight excluding hydrogens is 312 g/mol. The predicted octanol–water partition coefficient (Wildman–Crippen LogP) is 2.56. The third-order valence-electron chi connectivity index (χ3n) is 4.88. The van der Waals surface area contributed by atoms with Crippen molar-refractivity contribution in [2.45, 2.75) is 57.4 Å². The Hall–Kier alpha value is -1.07. The zero-order chi connectivity index (χ0) is 15.2. The van der Waals surface area contributed by atoms with Crippen LogP contribution in [0.1, 0.15) is 56.6 Å². The molecule has 2 aliphatic rings. The Bertz CT molecular complexity index is 477. The molecular formula is C17H29ClN4O. The lowest BCUT2D eigenvalue weighted by molar-refractivity contribution is -0.132. The van der Waals surface area contributed by atoms with E-state index in [4.69, 9.17) is 0 Å². The summed E-state index contributed by atoms with van der Waals surface area (Å²) in [6, 6.07) is 2.08. The molecule has 0 aromatic carbocycles. The van der Waals surface area contributed by atoms with E-state index in [0.29, 0.717) is 12.5 Å². The van der Waals surface area contributed by atoms with Crippen LogP contribution in [-0.4, -0.2) is 46.8 Å². The van der Waals surface area contributed by atoms with E-state index in [2.05, 4.69) is 16.5 Å². The Kier molecular flexibility index (Phi) is 7.37. The van der Waals surface area contributed by atoms with Crippen molar-refractivity contribution in [1.29, 1.82) is 0 Å². The second-order valence-electron chi connectivity index (χ2n) is 6.63. The van der Waals surface area contributed by atoms with Gasteiger partial charge >= 0.3 is 0 Å². The summed E-state index contributed by atoms with van der Waals surface area (Å²) in [5.74, 6) is 0.727. The van der Waals surface area contributed by atoms with E-state index < -0.39 is 0 Å². The maximum absolute atomic E-state index is 12.5. The van der Waals surface area contributed by atoms with Gasteiger partial charge in [0.1, 0.15) is 6.54 Å². The van der Waals surface area contributed by atoms with Crippen LogP contribution in [0, 0.1) is 0 Å². The second-order valence-corrected chi connectivity index (χ2v) is 6.63. The van der Waals surface area contributed by atoms with Crippen LogP contribution < -0.4 is 5.32 Å². The predicted molar refractivity (Wildman–Crippen MR) is 94.0 cm³/mol. The Balaban J connectivity index is 0.00000192. The Morgan fingerprint density at radius 3 is 2.61 bits per heavy atom. The number of carbonyl (C=O) groups excluding carboxylic acids is 1. The first-order valence-corrected chi connectivity index (χ1v) is 8.85. The lowest BCUT2D eigenvalue weighted by atomic mass is 9.97. The molecule has 1 aromatic rings. The van der Waals surface area contributed by atoms with Crippen LogP contribution in [0.2, 0.25) is 0 Å². The number of hydrogen-bond acceptors (Lipinski definition) is 3. The van der Waals surface area contributed by atoms with Gasteiger partial charge in [0.15, 0.2) is 0 Å². The van der Waals surface area contributed by atoms with Crippen molar-refractivity contribution in [3.63, 3.8) is 0 Å². The average Bonchev–Trinajstić information content (AvgIpc) is 2.96. The van der Waals surface area contributed by atoms with Gasteiger partial charge in [0, 0.05) is 31.7 Å². The summed E-state index contributed by atoms with van der Waals surface area (Å²) in [6.45, 7) is 4.35. The van der Waals surface area contributed by atoms with Crippen LogP contribution in [0.15, 0.2) is 12.3 Å². The topological polar surface area (TPSA) is 50.2 Å². The van der Waals surface area contributed by atoms with E-state index in [0.717, 1.165) is 44.7 Å². The van der Waals surface area contributed by atoms with Crippen LogP contribution in [0.5, 0.6) is 0 Å². The van der Waals surface area contributed by atoms with E-state index in [-0.39, 0.29) is 18.3 Å². The Labute approximate surface area is 145 Å². The number of nitrogens with zero attached hydrogens (tertiary/aromatic N) is 3. The SMILES string of the molecule is Cl.O=C(Cn1ccc(C2CCCNC2)n1)N1CCCCCCC1. The highest BCUT2D eigenvalue weighted by Gasteiger charge is 2.19. The van der Waals surface area contributed by atoms with Gasteiger partial charge in [-0.25, -0.2) is 0 Å². The summed E-state index contributed by atoms with van der Waals surface area (Å²) in [5.41, 5.74) is 1.13. The first kappa shape index (κ1) is 18.3. The fraction of sp³-hybridized carbons (Fsp3) is 0.765. The van der Waals surface area contributed by atoms with Crippen LogP contribution >= 0.6 is 12.4 Å². The normalized spacial score (nSPS) is 22.8. The number of nitrogens with one attached hydrogen (secondary N) is 1. The van der Waals surface area contributed by atoms with E-state index >= 15 is 0 Å². The summed E-state index contributed by atoms with van der Waals surface area (Å²) in [4.78, 5) is 14.5. The van der Waals surface area contributed by atoms with Crippen molar-refractivity contribution in [2.75, 3.05) is 26.2 Å². The van der Waals surface area contributed by atoms with Gasteiger partial charge in [0.05, 0.1) is 5.69 Å². The summed E-state index contributed by atoms with van der Waals surface area (Å²) in [5, 5.41) is 8.06. The maximum atomic E-state index is 12.5. The number of carbonyl (C=O) groups is 1. The highest BCUT2D eigenvalue weighted by Crippen LogP contribution is 2.21. The fourth-order valence-electron chi connectivity index (χ4n) is 3.52. The molecule has 23 heavy (non-hydrogen) atoms. The van der Waals surface area contributed by atoms with Crippen molar-refractivity contribution >= 4 is 18.3 Å². The standard InChI is InChI=1S/C17H28N4O.ClH/c22-17(20-10-4-2-1-3-5-11-20)14-21-12-8-16(19-21)15-7-6-9-18-13-15;/h8,12,15,18H,1-7,9-11,13-14H2;1H. The molecule has 1 unspecified atom stereocenters. The monoisotopic (exact) mass is 340 g/mol. The minimum absolute atomic E-state index is 0. The van der Waals surface area contributed by atoms with Crippen LogP contribution in [0.4, 0.5) is 0 Å². The number of piperidine rings is 1. The van der Waals surface area contributed by atoms with Crippen molar-refractivity contribution in [3.05, 3.63) is 18.0 Å². The lowest BCUT2D eigenvalue weighted by Crippen LogP contribution is -2.36. The largest absolute Gasteiger partial charge is 0.341 e. The van der Waals surface area contributed by atoms with Crippen molar-refractivity contribution < 1.29 is 4.79 Å². The second kappa shape index (κ2) is 9.28. The average molecular weight is 341 g/mol. The molecule has 3 heterocycles. The van der Waals surface area contributed by atoms with Crippen LogP contribution in [0.25, 0.3) is 0 Å². The highest BCUT2D eigenvalue weighted by atomic mass is 35.5. The molecule has 0 spiro atoms. The first-order valence-electron chi connectivity index (χ1n) is 8.85. The first-order chi connectivity index (χ1) is 10.8. The van der Waals surface area contributed by atoms with Crippen LogP contribution in [0.3, 0.4) is 0 Å². The maximum Gasteiger partial charge on any atom is 0.244 e. The molecule has 0 aliphatic carbocycles. The molecule has 6 heteroatoms. The quantitative estimate of drug-likeness (QED) is 0.920. The van der Waals surface area contributed by atoms with Gasteiger partial charge in [0.2, 0.25) is 5.91 Å². The fourth-order valence-corrected chi connectivity index (χ4v) is 3.52. The van der Waals surface area contributed by atoms with Gasteiger partial charge in [-0.2, -0.15) is 5.10 Å². The third kappa shape index (κ3) is 5.21. The van der Waals surface area contributed by atoms with Gasteiger partial charge in [0.25, 0.3) is 0 Å². The Morgan fingerprint density at radius 2 is 1.91 bits per heavy atom. The van der Waals surface area contributed by atoms with E-state index in [1.807, 2.05) is 15.8 Å². The lowest BCUT2D eigenvalue weighted by Gasteiger charge is -2.24. The summed E-state index contributed by atoms with van der Waals surface area (Å²) in [7, 11) is 0. The van der Waals surface area contributed by atoms with Gasteiger partial charge in [-0.05, 0) is 38.3 Å². The summed E-state index contributed by atoms with van der Waals surface area (Å²) < 4.78 is 1.82. The molecule has 1 aromatic heterocycles.